The summed E-state index contributed by atoms with van der Waals surface area (Å²) in [6, 6.07) is 5.69. The van der Waals surface area contributed by atoms with E-state index in [0.29, 0.717) is 19.6 Å². The van der Waals surface area contributed by atoms with E-state index in [4.69, 9.17) is 9.47 Å². The molecule has 0 aromatic heterocycles. The van der Waals surface area contributed by atoms with Gasteiger partial charge in [0.05, 0.1) is 6.61 Å². The zero-order valence-electron chi connectivity index (χ0n) is 9.49. The fourth-order valence-corrected chi connectivity index (χ4v) is 2.02. The van der Waals surface area contributed by atoms with Crippen LogP contribution in [0.25, 0.3) is 0 Å². The molecule has 0 N–H and O–H groups in total. The molecule has 0 saturated carbocycles. The molecule has 0 spiro atoms. The maximum absolute atomic E-state index is 11.7. The summed E-state index contributed by atoms with van der Waals surface area (Å²) in [4.78, 5) is 11.7. The molecule has 1 aromatic rings. The SMILES string of the molecule is COCCOc1cccc2c1CCCC2=O. The molecule has 16 heavy (non-hydrogen) atoms. The number of carbonyl (C=O) groups excluding carboxylic acids is 1. The van der Waals surface area contributed by atoms with Gasteiger partial charge in [-0.2, -0.15) is 0 Å². The van der Waals surface area contributed by atoms with E-state index in [1.807, 2.05) is 18.2 Å². The van der Waals surface area contributed by atoms with Gasteiger partial charge in [-0.1, -0.05) is 12.1 Å². The van der Waals surface area contributed by atoms with Gasteiger partial charge in [0.1, 0.15) is 12.4 Å². The monoisotopic (exact) mass is 220 g/mol. The van der Waals surface area contributed by atoms with Gasteiger partial charge in [0.2, 0.25) is 0 Å². The van der Waals surface area contributed by atoms with Crippen molar-refractivity contribution in [1.29, 1.82) is 0 Å². The highest BCUT2D eigenvalue weighted by atomic mass is 16.5. The number of carbonyl (C=O) groups is 1. The van der Waals surface area contributed by atoms with E-state index in [1.165, 1.54) is 0 Å². The Balaban J connectivity index is 2.19. The maximum atomic E-state index is 11.7. The van der Waals surface area contributed by atoms with E-state index >= 15 is 0 Å². The zero-order chi connectivity index (χ0) is 11.4. The smallest absolute Gasteiger partial charge is 0.163 e. The van der Waals surface area contributed by atoms with E-state index in [9.17, 15) is 4.79 Å². The standard InChI is InChI=1S/C13H16O3/c1-15-8-9-16-13-7-3-4-10-11(13)5-2-6-12(10)14/h3-4,7H,2,5-6,8-9H2,1H3. The Kier molecular flexibility index (Phi) is 3.57. The van der Waals surface area contributed by atoms with E-state index in [0.717, 1.165) is 29.7 Å². The van der Waals surface area contributed by atoms with Crippen LogP contribution in [0, 0.1) is 0 Å². The molecule has 2 rings (SSSR count). The predicted octanol–water partition coefficient (Wildman–Crippen LogP) is 2.23. The normalized spacial score (nSPS) is 14.7. The van der Waals surface area contributed by atoms with Gasteiger partial charge >= 0.3 is 0 Å². The second-order valence-corrected chi connectivity index (χ2v) is 3.90. The summed E-state index contributed by atoms with van der Waals surface area (Å²) in [5, 5.41) is 0. The molecule has 0 saturated heterocycles. The number of Topliss-reactive ketones (excluding diaryl/α,β-unsaturated/α-hetero) is 1. The van der Waals surface area contributed by atoms with Crippen LogP contribution in [0.1, 0.15) is 28.8 Å². The molecule has 0 bridgehead atoms. The molecule has 0 atom stereocenters. The number of ether oxygens (including phenoxy) is 2. The van der Waals surface area contributed by atoms with E-state index in [2.05, 4.69) is 0 Å². The number of benzene rings is 1. The Morgan fingerprint density at radius 2 is 2.12 bits per heavy atom. The summed E-state index contributed by atoms with van der Waals surface area (Å²) >= 11 is 0. The summed E-state index contributed by atoms with van der Waals surface area (Å²) in [6.45, 7) is 1.10. The Morgan fingerprint density at radius 3 is 2.94 bits per heavy atom. The minimum atomic E-state index is 0.235. The molecule has 0 unspecified atom stereocenters. The van der Waals surface area contributed by atoms with Crippen molar-refractivity contribution in [2.45, 2.75) is 19.3 Å². The van der Waals surface area contributed by atoms with Crippen LogP contribution in [-0.4, -0.2) is 26.1 Å². The van der Waals surface area contributed by atoms with Crippen LogP contribution in [0.3, 0.4) is 0 Å². The second-order valence-electron chi connectivity index (χ2n) is 3.90. The number of methoxy groups -OCH3 is 1. The molecule has 0 radical (unpaired) electrons. The largest absolute Gasteiger partial charge is 0.491 e. The second kappa shape index (κ2) is 5.12. The molecule has 0 heterocycles. The fraction of sp³-hybridized carbons (Fsp3) is 0.462. The lowest BCUT2D eigenvalue weighted by Crippen LogP contribution is -2.13. The third-order valence-corrected chi connectivity index (χ3v) is 2.81. The van der Waals surface area contributed by atoms with Crippen molar-refractivity contribution in [1.82, 2.24) is 0 Å². The number of fused-ring (bicyclic) bond motifs is 1. The number of hydrogen-bond acceptors (Lipinski definition) is 3. The van der Waals surface area contributed by atoms with Gasteiger partial charge in [0.25, 0.3) is 0 Å². The predicted molar refractivity (Wildman–Crippen MR) is 61.1 cm³/mol. The summed E-state index contributed by atoms with van der Waals surface area (Å²) in [5.74, 6) is 1.07. The van der Waals surface area contributed by atoms with Crippen LogP contribution in [0.15, 0.2) is 18.2 Å². The Bertz CT molecular complexity index is 385. The lowest BCUT2D eigenvalue weighted by atomic mass is 9.90. The van der Waals surface area contributed by atoms with Gasteiger partial charge in [-0.15, -0.1) is 0 Å². The first-order chi connectivity index (χ1) is 7.83. The Hall–Kier alpha value is -1.35. The van der Waals surface area contributed by atoms with E-state index in [-0.39, 0.29) is 5.78 Å². The third-order valence-electron chi connectivity index (χ3n) is 2.81. The molecular formula is C13H16O3. The lowest BCUT2D eigenvalue weighted by Gasteiger charge is -2.18. The van der Waals surface area contributed by atoms with E-state index < -0.39 is 0 Å². The Labute approximate surface area is 95.4 Å². The third kappa shape index (κ3) is 2.25. The van der Waals surface area contributed by atoms with Crippen molar-refractivity contribution in [3.63, 3.8) is 0 Å². The summed E-state index contributed by atoms with van der Waals surface area (Å²) < 4.78 is 10.6. The average Bonchev–Trinajstić information content (AvgIpc) is 2.31. The van der Waals surface area contributed by atoms with Crippen LogP contribution in [-0.2, 0) is 11.2 Å². The van der Waals surface area contributed by atoms with Crippen LogP contribution >= 0.6 is 0 Å². The fourth-order valence-electron chi connectivity index (χ4n) is 2.02. The van der Waals surface area contributed by atoms with Crippen molar-refractivity contribution in [3.05, 3.63) is 29.3 Å². The van der Waals surface area contributed by atoms with Crippen molar-refractivity contribution in [2.75, 3.05) is 20.3 Å². The highest BCUT2D eigenvalue weighted by molar-refractivity contribution is 5.99. The molecule has 0 amide bonds. The van der Waals surface area contributed by atoms with Crippen LogP contribution in [0.4, 0.5) is 0 Å². The first kappa shape index (κ1) is 11.1. The molecule has 1 aliphatic carbocycles. The molecule has 1 aliphatic rings. The first-order valence-electron chi connectivity index (χ1n) is 5.59. The lowest BCUT2D eigenvalue weighted by molar-refractivity contribution is 0.0970. The quantitative estimate of drug-likeness (QED) is 0.730. The molecule has 3 nitrogen and oxygen atoms in total. The van der Waals surface area contributed by atoms with Crippen LogP contribution in [0.2, 0.25) is 0 Å². The first-order valence-corrected chi connectivity index (χ1v) is 5.59. The van der Waals surface area contributed by atoms with Crippen LogP contribution < -0.4 is 4.74 Å². The van der Waals surface area contributed by atoms with Crippen LogP contribution in [0.5, 0.6) is 5.75 Å². The van der Waals surface area contributed by atoms with Gasteiger partial charge in [-0.3, -0.25) is 4.79 Å². The van der Waals surface area contributed by atoms with Gasteiger partial charge in [0, 0.05) is 24.7 Å². The maximum Gasteiger partial charge on any atom is 0.163 e. The zero-order valence-corrected chi connectivity index (χ0v) is 9.49. The highest BCUT2D eigenvalue weighted by Crippen LogP contribution is 2.29. The molecular weight excluding hydrogens is 204 g/mol. The van der Waals surface area contributed by atoms with Gasteiger partial charge in [-0.05, 0) is 18.9 Å². The molecule has 86 valence electrons. The summed E-state index contributed by atoms with van der Waals surface area (Å²) in [7, 11) is 1.65. The molecule has 0 aliphatic heterocycles. The van der Waals surface area contributed by atoms with Crippen molar-refractivity contribution >= 4 is 5.78 Å². The minimum Gasteiger partial charge on any atom is -0.491 e. The number of hydrogen-bond donors (Lipinski definition) is 0. The van der Waals surface area contributed by atoms with Crippen molar-refractivity contribution < 1.29 is 14.3 Å². The Morgan fingerprint density at radius 1 is 1.25 bits per heavy atom. The van der Waals surface area contributed by atoms with E-state index in [1.54, 1.807) is 7.11 Å². The van der Waals surface area contributed by atoms with Crippen molar-refractivity contribution in [3.8, 4) is 5.75 Å². The topological polar surface area (TPSA) is 35.5 Å². The van der Waals surface area contributed by atoms with Gasteiger partial charge < -0.3 is 9.47 Å². The van der Waals surface area contributed by atoms with Gasteiger partial charge in [0.15, 0.2) is 5.78 Å². The number of ketones is 1. The number of rotatable bonds is 4. The van der Waals surface area contributed by atoms with Gasteiger partial charge in [-0.25, -0.2) is 0 Å². The van der Waals surface area contributed by atoms with Crippen molar-refractivity contribution in [2.24, 2.45) is 0 Å². The molecule has 3 heteroatoms. The molecule has 0 fully saturated rings. The minimum absolute atomic E-state index is 0.235. The molecule has 1 aromatic carbocycles. The summed E-state index contributed by atoms with van der Waals surface area (Å²) in [5.41, 5.74) is 1.90. The highest BCUT2D eigenvalue weighted by Gasteiger charge is 2.19. The average molecular weight is 220 g/mol. The summed E-state index contributed by atoms with van der Waals surface area (Å²) in [6.07, 6.45) is 2.52.